The van der Waals surface area contributed by atoms with Crippen LogP contribution in [0.5, 0.6) is 0 Å². The minimum Gasteiger partial charge on any atom is -0.369 e. The van der Waals surface area contributed by atoms with E-state index >= 15 is 0 Å². The van der Waals surface area contributed by atoms with Crippen molar-refractivity contribution in [2.75, 3.05) is 36.0 Å². The molecule has 2 fully saturated rings. The number of piperazine rings is 1. The van der Waals surface area contributed by atoms with Crippen LogP contribution in [0, 0.1) is 12.7 Å². The molecule has 2 aliphatic heterocycles. The lowest BCUT2D eigenvalue weighted by molar-refractivity contribution is -0.123. The summed E-state index contributed by atoms with van der Waals surface area (Å²) in [6, 6.07) is 13.5. The van der Waals surface area contributed by atoms with Gasteiger partial charge in [-0.15, -0.1) is 0 Å². The zero-order valence-electron chi connectivity index (χ0n) is 15.3. The molecule has 5 nitrogen and oxygen atoms in total. The second-order valence-corrected chi connectivity index (χ2v) is 7.07. The van der Waals surface area contributed by atoms with E-state index in [4.69, 9.17) is 0 Å². The van der Waals surface area contributed by atoms with Crippen molar-refractivity contribution < 1.29 is 14.0 Å². The molecule has 140 valence electrons. The summed E-state index contributed by atoms with van der Waals surface area (Å²) in [5.74, 6) is -0.520. The summed E-state index contributed by atoms with van der Waals surface area (Å²) in [4.78, 5) is 31.1. The summed E-state index contributed by atoms with van der Waals surface area (Å²) in [6.45, 7) is 4.79. The highest BCUT2D eigenvalue weighted by molar-refractivity contribution is 6.22. The fourth-order valence-corrected chi connectivity index (χ4v) is 3.91. The number of anilines is 2. The fraction of sp³-hybridized carbons (Fsp3) is 0.333. The summed E-state index contributed by atoms with van der Waals surface area (Å²) in [7, 11) is 0. The molecular weight excluding hydrogens is 345 g/mol. The molecule has 1 atom stereocenters. The quantitative estimate of drug-likeness (QED) is 0.783. The zero-order chi connectivity index (χ0) is 19.0. The average Bonchev–Trinajstić information content (AvgIpc) is 2.97. The molecule has 27 heavy (non-hydrogen) atoms. The molecule has 6 heteroatoms. The van der Waals surface area contributed by atoms with Crippen LogP contribution >= 0.6 is 0 Å². The first-order valence-electron chi connectivity index (χ1n) is 9.21. The summed E-state index contributed by atoms with van der Waals surface area (Å²) in [5, 5.41) is 0. The minimum absolute atomic E-state index is 0.135. The molecule has 2 aliphatic rings. The van der Waals surface area contributed by atoms with Gasteiger partial charge in [-0.1, -0.05) is 18.2 Å². The standard InChI is InChI=1S/C21H22FN3O2/c1-15-4-2-3-5-18(15)25-20(26)14-19(21(25)27)24-12-10-23(11-13-24)17-8-6-16(22)7-9-17/h2-9,19H,10-14H2,1H3/t19-/m1/s1. The fourth-order valence-electron chi connectivity index (χ4n) is 3.91. The van der Waals surface area contributed by atoms with E-state index in [1.54, 1.807) is 12.1 Å². The molecule has 0 saturated carbocycles. The summed E-state index contributed by atoms with van der Waals surface area (Å²) >= 11 is 0. The Bertz CT molecular complexity index is 860. The maximum Gasteiger partial charge on any atom is 0.251 e. The van der Waals surface area contributed by atoms with Gasteiger partial charge in [0, 0.05) is 31.9 Å². The number of halogens is 1. The minimum atomic E-state index is -0.396. The number of para-hydroxylation sites is 1. The Labute approximate surface area is 158 Å². The van der Waals surface area contributed by atoms with Crippen molar-refractivity contribution in [1.29, 1.82) is 0 Å². The maximum atomic E-state index is 13.1. The normalized spacial score (nSPS) is 21.2. The largest absolute Gasteiger partial charge is 0.369 e. The molecular formula is C21H22FN3O2. The number of nitrogens with zero attached hydrogens (tertiary/aromatic N) is 3. The van der Waals surface area contributed by atoms with Crippen molar-refractivity contribution in [1.82, 2.24) is 4.90 Å². The van der Waals surface area contributed by atoms with E-state index in [-0.39, 0.29) is 24.1 Å². The van der Waals surface area contributed by atoms with Gasteiger partial charge in [0.05, 0.1) is 18.2 Å². The van der Waals surface area contributed by atoms with Crippen LogP contribution in [0.25, 0.3) is 0 Å². The Morgan fingerprint density at radius 3 is 2.26 bits per heavy atom. The van der Waals surface area contributed by atoms with E-state index in [0.717, 1.165) is 24.3 Å². The third kappa shape index (κ3) is 3.32. The van der Waals surface area contributed by atoms with Crippen LogP contribution in [0.4, 0.5) is 15.8 Å². The van der Waals surface area contributed by atoms with Crippen LogP contribution in [0.2, 0.25) is 0 Å². The lowest BCUT2D eigenvalue weighted by Gasteiger charge is -2.38. The molecule has 2 aromatic rings. The van der Waals surface area contributed by atoms with Crippen LogP contribution < -0.4 is 9.80 Å². The average molecular weight is 367 g/mol. The topological polar surface area (TPSA) is 43.9 Å². The molecule has 0 N–H and O–H groups in total. The number of aryl methyl sites for hydroxylation is 1. The third-order valence-electron chi connectivity index (χ3n) is 5.43. The summed E-state index contributed by atoms with van der Waals surface area (Å²) in [6.07, 6.45) is 0.226. The summed E-state index contributed by atoms with van der Waals surface area (Å²) < 4.78 is 13.1. The van der Waals surface area contributed by atoms with Crippen LogP contribution in [-0.4, -0.2) is 48.9 Å². The second kappa shape index (κ2) is 7.12. The van der Waals surface area contributed by atoms with Crippen molar-refractivity contribution in [3.63, 3.8) is 0 Å². The molecule has 2 heterocycles. The number of carbonyl (C=O) groups is 2. The highest BCUT2D eigenvalue weighted by atomic mass is 19.1. The van der Waals surface area contributed by atoms with Crippen molar-refractivity contribution in [2.24, 2.45) is 0 Å². The Kier molecular flexibility index (Phi) is 4.66. The Morgan fingerprint density at radius 2 is 1.59 bits per heavy atom. The van der Waals surface area contributed by atoms with E-state index in [9.17, 15) is 14.0 Å². The van der Waals surface area contributed by atoms with E-state index in [1.165, 1.54) is 17.0 Å². The van der Waals surface area contributed by atoms with Gasteiger partial charge in [0.25, 0.3) is 5.91 Å². The van der Waals surface area contributed by atoms with Gasteiger partial charge in [0.1, 0.15) is 5.82 Å². The maximum absolute atomic E-state index is 13.1. The molecule has 0 aliphatic carbocycles. The highest BCUT2D eigenvalue weighted by Gasteiger charge is 2.43. The van der Waals surface area contributed by atoms with Gasteiger partial charge in [-0.05, 0) is 42.8 Å². The van der Waals surface area contributed by atoms with E-state index < -0.39 is 6.04 Å². The molecule has 0 bridgehead atoms. The van der Waals surface area contributed by atoms with Gasteiger partial charge in [-0.3, -0.25) is 14.5 Å². The molecule has 0 unspecified atom stereocenters. The predicted octanol–water partition coefficient (Wildman–Crippen LogP) is 2.59. The van der Waals surface area contributed by atoms with E-state index in [1.807, 2.05) is 31.2 Å². The van der Waals surface area contributed by atoms with Crippen LogP contribution in [0.15, 0.2) is 48.5 Å². The Morgan fingerprint density at radius 1 is 0.926 bits per heavy atom. The number of carbonyl (C=O) groups excluding carboxylic acids is 2. The smallest absolute Gasteiger partial charge is 0.251 e. The number of hydrogen-bond acceptors (Lipinski definition) is 4. The molecule has 4 rings (SSSR count). The second-order valence-electron chi connectivity index (χ2n) is 7.07. The number of amides is 2. The van der Waals surface area contributed by atoms with Crippen molar-refractivity contribution in [2.45, 2.75) is 19.4 Å². The van der Waals surface area contributed by atoms with Gasteiger partial charge < -0.3 is 4.90 Å². The van der Waals surface area contributed by atoms with Crippen molar-refractivity contribution in [3.8, 4) is 0 Å². The number of imide groups is 1. The lowest BCUT2D eigenvalue weighted by Crippen LogP contribution is -2.52. The monoisotopic (exact) mass is 367 g/mol. The van der Waals surface area contributed by atoms with E-state index in [2.05, 4.69) is 9.80 Å². The first-order valence-corrected chi connectivity index (χ1v) is 9.21. The molecule has 0 radical (unpaired) electrons. The van der Waals surface area contributed by atoms with E-state index in [0.29, 0.717) is 18.8 Å². The SMILES string of the molecule is Cc1ccccc1N1C(=O)C[C@@H](N2CCN(c3ccc(F)cc3)CC2)C1=O. The Balaban J connectivity index is 1.45. The van der Waals surface area contributed by atoms with Crippen LogP contribution in [-0.2, 0) is 9.59 Å². The van der Waals surface area contributed by atoms with Crippen molar-refractivity contribution in [3.05, 3.63) is 59.9 Å². The highest BCUT2D eigenvalue weighted by Crippen LogP contribution is 2.29. The van der Waals surface area contributed by atoms with Gasteiger partial charge in [-0.2, -0.15) is 0 Å². The van der Waals surface area contributed by atoms with Crippen LogP contribution in [0.1, 0.15) is 12.0 Å². The van der Waals surface area contributed by atoms with Crippen molar-refractivity contribution >= 4 is 23.2 Å². The molecule has 2 amide bonds. The van der Waals surface area contributed by atoms with Gasteiger partial charge >= 0.3 is 0 Å². The predicted molar refractivity (Wildman–Crippen MR) is 102 cm³/mol. The number of benzene rings is 2. The molecule has 2 saturated heterocycles. The van der Waals surface area contributed by atoms with Crippen LogP contribution in [0.3, 0.4) is 0 Å². The molecule has 0 aromatic heterocycles. The first-order chi connectivity index (χ1) is 13.0. The van der Waals surface area contributed by atoms with Gasteiger partial charge in [0.15, 0.2) is 0 Å². The zero-order valence-corrected chi connectivity index (χ0v) is 15.3. The first kappa shape index (κ1) is 17.7. The molecule has 2 aromatic carbocycles. The number of hydrogen-bond donors (Lipinski definition) is 0. The molecule has 0 spiro atoms. The Hall–Kier alpha value is -2.73. The number of rotatable bonds is 3. The lowest BCUT2D eigenvalue weighted by atomic mass is 10.1. The van der Waals surface area contributed by atoms with Gasteiger partial charge in [-0.25, -0.2) is 9.29 Å². The third-order valence-corrected chi connectivity index (χ3v) is 5.43. The van der Waals surface area contributed by atoms with Gasteiger partial charge in [0.2, 0.25) is 5.91 Å². The summed E-state index contributed by atoms with van der Waals surface area (Å²) in [5.41, 5.74) is 2.58.